The molecule has 0 spiro atoms. The molecule has 0 aliphatic carbocycles. The average Bonchev–Trinajstić information content (AvgIpc) is 2.97. The molecule has 0 aliphatic heterocycles. The number of nitrogens with zero attached hydrogens (tertiary/aromatic N) is 2. The zero-order valence-corrected chi connectivity index (χ0v) is 18.1. The van der Waals surface area contributed by atoms with Gasteiger partial charge in [-0.1, -0.05) is 48.5 Å². The van der Waals surface area contributed by atoms with E-state index in [4.69, 9.17) is 4.74 Å². The zero-order chi connectivity index (χ0) is 21.3. The van der Waals surface area contributed by atoms with E-state index in [2.05, 4.69) is 21.2 Å². The normalized spacial score (nSPS) is 10.9. The number of fused-ring (bicyclic) bond motifs is 1. The van der Waals surface area contributed by atoms with Crippen molar-refractivity contribution in [1.29, 1.82) is 0 Å². The van der Waals surface area contributed by atoms with Crippen LogP contribution < -0.4 is 15.6 Å². The van der Waals surface area contributed by atoms with Crippen LogP contribution in [0, 0.1) is 6.92 Å². The van der Waals surface area contributed by atoms with Crippen molar-refractivity contribution < 1.29 is 9.53 Å². The Balaban J connectivity index is 1.53. The van der Waals surface area contributed by atoms with Crippen LogP contribution in [0.25, 0.3) is 16.5 Å². The van der Waals surface area contributed by atoms with Crippen molar-refractivity contribution in [1.82, 2.24) is 9.36 Å². The summed E-state index contributed by atoms with van der Waals surface area (Å²) >= 11 is 3.55. The first-order valence-corrected chi connectivity index (χ1v) is 10.2. The molecule has 1 amide bonds. The quantitative estimate of drug-likeness (QED) is 0.474. The standard InChI is InChI=1S/C23H20BrN3O3/c1-15-22(23(29)27(26(15)2)17-9-4-3-5-10-17)25-20(28)14-30-19-13-12-16-8-6-7-11-18(16)21(19)24/h3-13H,14H2,1-2H3,(H,25,28). The lowest BCUT2D eigenvalue weighted by molar-refractivity contribution is -0.118. The van der Waals surface area contributed by atoms with Gasteiger partial charge in [0, 0.05) is 7.05 Å². The van der Waals surface area contributed by atoms with Crippen LogP contribution in [0.4, 0.5) is 5.69 Å². The van der Waals surface area contributed by atoms with Gasteiger partial charge in [-0.3, -0.25) is 14.3 Å². The first kappa shape index (κ1) is 20.0. The Hall–Kier alpha value is -3.32. The van der Waals surface area contributed by atoms with Crippen molar-refractivity contribution in [3.8, 4) is 11.4 Å². The Morgan fingerprint density at radius 2 is 1.73 bits per heavy atom. The molecule has 0 fully saturated rings. The third-order valence-electron chi connectivity index (χ3n) is 5.01. The lowest BCUT2D eigenvalue weighted by atomic mass is 10.1. The van der Waals surface area contributed by atoms with Crippen LogP contribution in [0.3, 0.4) is 0 Å². The van der Waals surface area contributed by atoms with Crippen LogP contribution >= 0.6 is 15.9 Å². The highest BCUT2D eigenvalue weighted by molar-refractivity contribution is 9.10. The number of para-hydroxylation sites is 1. The number of hydrogen-bond donors (Lipinski definition) is 1. The Bertz CT molecular complexity index is 1290. The molecule has 6 nitrogen and oxygen atoms in total. The molecule has 1 heterocycles. The van der Waals surface area contributed by atoms with Gasteiger partial charge in [0.25, 0.3) is 11.5 Å². The minimum absolute atomic E-state index is 0.212. The summed E-state index contributed by atoms with van der Waals surface area (Å²) < 4.78 is 9.73. The number of anilines is 1. The van der Waals surface area contributed by atoms with E-state index in [9.17, 15) is 9.59 Å². The first-order valence-electron chi connectivity index (χ1n) is 9.41. The average molecular weight is 466 g/mol. The molecule has 7 heteroatoms. The molecule has 152 valence electrons. The van der Waals surface area contributed by atoms with E-state index in [1.165, 1.54) is 4.68 Å². The zero-order valence-electron chi connectivity index (χ0n) is 16.6. The Morgan fingerprint density at radius 3 is 2.50 bits per heavy atom. The molecule has 0 unspecified atom stereocenters. The monoisotopic (exact) mass is 465 g/mol. The van der Waals surface area contributed by atoms with Gasteiger partial charge in [0.05, 0.1) is 15.9 Å². The van der Waals surface area contributed by atoms with E-state index in [1.807, 2.05) is 66.7 Å². The predicted octanol–water partition coefficient (Wildman–Crippen LogP) is 4.42. The Morgan fingerprint density at radius 1 is 1.03 bits per heavy atom. The molecule has 30 heavy (non-hydrogen) atoms. The summed E-state index contributed by atoms with van der Waals surface area (Å²) in [6.45, 7) is 1.58. The summed E-state index contributed by atoms with van der Waals surface area (Å²) in [5, 5.41) is 4.77. The maximum Gasteiger partial charge on any atom is 0.295 e. The van der Waals surface area contributed by atoms with E-state index in [1.54, 1.807) is 18.7 Å². The number of ether oxygens (including phenoxy) is 1. The molecule has 1 aromatic heterocycles. The molecule has 0 saturated heterocycles. The minimum atomic E-state index is -0.402. The van der Waals surface area contributed by atoms with Crippen LogP contribution in [0.15, 0.2) is 76.0 Å². The number of aromatic nitrogens is 2. The second kappa shape index (κ2) is 8.20. The van der Waals surface area contributed by atoms with Gasteiger partial charge in [-0.2, -0.15) is 0 Å². The number of benzene rings is 3. The van der Waals surface area contributed by atoms with Gasteiger partial charge in [-0.15, -0.1) is 0 Å². The first-order chi connectivity index (χ1) is 14.5. The van der Waals surface area contributed by atoms with Crippen molar-refractivity contribution in [2.24, 2.45) is 7.05 Å². The third kappa shape index (κ3) is 3.64. The largest absolute Gasteiger partial charge is 0.483 e. The minimum Gasteiger partial charge on any atom is -0.483 e. The van der Waals surface area contributed by atoms with Crippen molar-refractivity contribution in [2.75, 3.05) is 11.9 Å². The molecule has 0 radical (unpaired) electrons. The van der Waals surface area contributed by atoms with E-state index < -0.39 is 5.91 Å². The molecule has 4 aromatic rings. The second-order valence-electron chi connectivity index (χ2n) is 6.87. The van der Waals surface area contributed by atoms with Crippen molar-refractivity contribution in [2.45, 2.75) is 6.92 Å². The number of carbonyl (C=O) groups is 1. The summed E-state index contributed by atoms with van der Waals surface area (Å²) in [6.07, 6.45) is 0. The van der Waals surface area contributed by atoms with Crippen molar-refractivity contribution in [3.63, 3.8) is 0 Å². The summed E-state index contributed by atoms with van der Waals surface area (Å²) in [5.41, 5.74) is 1.34. The lowest BCUT2D eigenvalue weighted by Gasteiger charge is -2.10. The molecule has 0 atom stereocenters. The second-order valence-corrected chi connectivity index (χ2v) is 7.67. The molecule has 0 saturated carbocycles. The highest BCUT2D eigenvalue weighted by Crippen LogP contribution is 2.33. The van der Waals surface area contributed by atoms with Crippen molar-refractivity contribution in [3.05, 3.63) is 87.3 Å². The number of rotatable bonds is 5. The van der Waals surface area contributed by atoms with E-state index >= 15 is 0 Å². The van der Waals surface area contributed by atoms with Gasteiger partial charge < -0.3 is 10.1 Å². The molecule has 0 aliphatic rings. The number of nitrogens with one attached hydrogen (secondary N) is 1. The SMILES string of the molecule is Cc1c(NC(=O)COc2ccc3ccccc3c2Br)c(=O)n(-c2ccccc2)n1C. The van der Waals surface area contributed by atoms with Crippen LogP contribution in [0.2, 0.25) is 0 Å². The molecule has 4 rings (SSSR count). The molecule has 1 N–H and O–H groups in total. The van der Waals surface area contributed by atoms with Gasteiger partial charge in [-0.05, 0) is 51.8 Å². The maximum atomic E-state index is 12.9. The molecule has 0 bridgehead atoms. The predicted molar refractivity (Wildman–Crippen MR) is 122 cm³/mol. The smallest absolute Gasteiger partial charge is 0.295 e. The summed E-state index contributed by atoms with van der Waals surface area (Å²) in [4.78, 5) is 25.4. The number of carbonyl (C=O) groups excluding carboxylic acids is 1. The van der Waals surface area contributed by atoms with Crippen LogP contribution in [0.5, 0.6) is 5.75 Å². The number of hydrogen-bond acceptors (Lipinski definition) is 3. The molecule has 3 aromatic carbocycles. The fourth-order valence-corrected chi connectivity index (χ4v) is 3.96. The van der Waals surface area contributed by atoms with E-state index in [0.29, 0.717) is 11.4 Å². The van der Waals surface area contributed by atoms with Crippen molar-refractivity contribution >= 4 is 38.3 Å². The van der Waals surface area contributed by atoms with Gasteiger partial charge in [0.15, 0.2) is 6.61 Å². The summed E-state index contributed by atoms with van der Waals surface area (Å²) in [7, 11) is 1.78. The van der Waals surface area contributed by atoms with Gasteiger partial charge in [-0.25, -0.2) is 4.68 Å². The highest BCUT2D eigenvalue weighted by Gasteiger charge is 2.18. The molecular formula is C23H20BrN3O3. The fraction of sp³-hybridized carbons (Fsp3) is 0.130. The number of amides is 1. The Kier molecular flexibility index (Phi) is 5.46. The van der Waals surface area contributed by atoms with Crippen LogP contribution in [-0.4, -0.2) is 21.9 Å². The van der Waals surface area contributed by atoms with Crippen LogP contribution in [0.1, 0.15) is 5.69 Å². The van der Waals surface area contributed by atoms with Gasteiger partial charge >= 0.3 is 0 Å². The Labute approximate surface area is 181 Å². The topological polar surface area (TPSA) is 65.3 Å². The molecular weight excluding hydrogens is 446 g/mol. The maximum absolute atomic E-state index is 12.9. The van der Waals surface area contributed by atoms with E-state index in [0.717, 1.165) is 20.9 Å². The summed E-state index contributed by atoms with van der Waals surface area (Å²) in [6, 6.07) is 20.9. The third-order valence-corrected chi connectivity index (χ3v) is 5.82. The van der Waals surface area contributed by atoms with Gasteiger partial charge in [0.1, 0.15) is 11.4 Å². The fourth-order valence-electron chi connectivity index (χ4n) is 3.36. The highest BCUT2D eigenvalue weighted by atomic mass is 79.9. The van der Waals surface area contributed by atoms with E-state index in [-0.39, 0.29) is 17.9 Å². The van der Waals surface area contributed by atoms with Gasteiger partial charge in [0.2, 0.25) is 0 Å². The lowest BCUT2D eigenvalue weighted by Crippen LogP contribution is -2.25. The number of halogens is 1. The summed E-state index contributed by atoms with van der Waals surface area (Å²) in [5.74, 6) is 0.163. The van der Waals surface area contributed by atoms with Crippen LogP contribution in [-0.2, 0) is 11.8 Å².